The number of hydrogen-bond donors (Lipinski definition) is 4. The van der Waals surface area contributed by atoms with Gasteiger partial charge in [0, 0.05) is 99.7 Å². The molecule has 0 spiro atoms. The van der Waals surface area contributed by atoms with Crippen molar-refractivity contribution < 1.29 is 33.4 Å². The molecule has 5 N–H and O–H groups in total. The van der Waals surface area contributed by atoms with E-state index in [2.05, 4.69) is 47.3 Å². The number of aliphatic hydroxyl groups excluding tert-OH is 1. The molecule has 4 aliphatic heterocycles. The number of halogens is 2. The van der Waals surface area contributed by atoms with Crippen molar-refractivity contribution in [2.75, 3.05) is 55.6 Å². The van der Waals surface area contributed by atoms with Crippen LogP contribution >= 0.6 is 34.7 Å². The Morgan fingerprint density at radius 2 is 1.70 bits per heavy atom. The van der Waals surface area contributed by atoms with Crippen molar-refractivity contribution in [1.29, 1.82) is 0 Å². The summed E-state index contributed by atoms with van der Waals surface area (Å²) in [5.41, 5.74) is 7.72. The fraction of sp³-hybridized carbons (Fsp3) is 0.577. The van der Waals surface area contributed by atoms with Gasteiger partial charge < -0.3 is 45.8 Å². The zero-order valence-electron chi connectivity index (χ0n) is 42.2. The quantitative estimate of drug-likeness (QED) is 0.109. The summed E-state index contributed by atoms with van der Waals surface area (Å²) in [7, 11) is 0. The Hall–Kier alpha value is -5.15. The van der Waals surface area contributed by atoms with Crippen LogP contribution in [-0.4, -0.2) is 140 Å². The summed E-state index contributed by atoms with van der Waals surface area (Å²) in [6.07, 6.45) is 8.81. The van der Waals surface area contributed by atoms with E-state index >= 15 is 0 Å². The van der Waals surface area contributed by atoms with E-state index in [9.17, 15) is 28.7 Å². The van der Waals surface area contributed by atoms with Crippen molar-refractivity contribution in [1.82, 2.24) is 40.4 Å². The Kier molecular flexibility index (Phi) is 15.6. The number of nitrogens with zero attached hydrogens (tertiary/aromatic N) is 8. The van der Waals surface area contributed by atoms with Gasteiger partial charge in [0.1, 0.15) is 40.6 Å². The van der Waals surface area contributed by atoms with Gasteiger partial charge in [-0.1, -0.05) is 56.3 Å². The number of nitrogens with two attached hydrogens (primary N) is 1. The van der Waals surface area contributed by atoms with Gasteiger partial charge in [-0.15, -0.1) is 11.3 Å². The van der Waals surface area contributed by atoms with Crippen molar-refractivity contribution in [2.45, 2.75) is 144 Å². The Morgan fingerprint density at radius 3 is 2.34 bits per heavy atom. The standard InChI is InChI=1S/C52H67ClFN11O6S2/c1-31-43(72-30-60-31)33-6-7-34(26-59-46(67)37-25-35(66)29-65(37)48(69)44(50(2,3)4)61-49(70)52(54)13-14-52)38(24-33)71-36-11-20-64(21-12-36)47(68)32-9-18-63(19-10-32)45-42(53)39(8-17-56-45)73-41-28-57-40(27-58-41)62-22-15-51(5,55)16-23-62/h6-8,17,24,27-28,30,32,35-37,44,66H,9-16,18-23,25-26,29,55H2,1-5H3,(H,59,67)(H,61,70)/t35-,37+,44-/m1/s1. The van der Waals surface area contributed by atoms with Gasteiger partial charge in [-0.25, -0.2) is 24.3 Å². The SMILES string of the molecule is Cc1ncsc1-c1ccc(CNC(=O)[C@@H]2C[C@@H](O)CN2C(=O)[C@@H](NC(=O)C2(F)CC2)C(C)(C)C)c(OC2CCN(C(=O)C3CCN(c4nccc(Sc5cnc(N6CCC(C)(N)CC6)cn5)c4Cl)CC3)CC2)c1. The average molecular weight is 1060 g/mol. The minimum Gasteiger partial charge on any atom is -0.490 e. The molecule has 1 aromatic carbocycles. The van der Waals surface area contributed by atoms with E-state index in [4.69, 9.17) is 22.1 Å². The molecule has 7 heterocycles. The van der Waals surface area contributed by atoms with Crippen LogP contribution in [0.4, 0.5) is 16.0 Å². The second kappa shape index (κ2) is 21.6. The number of amides is 4. The summed E-state index contributed by atoms with van der Waals surface area (Å²) in [4.78, 5) is 82.7. The van der Waals surface area contributed by atoms with E-state index in [0.29, 0.717) is 74.0 Å². The summed E-state index contributed by atoms with van der Waals surface area (Å²) in [6.45, 7) is 13.4. The minimum atomic E-state index is -1.98. The van der Waals surface area contributed by atoms with Crippen molar-refractivity contribution in [3.8, 4) is 16.2 Å². The molecule has 21 heteroatoms. The van der Waals surface area contributed by atoms with Gasteiger partial charge in [0.2, 0.25) is 17.7 Å². The topological polar surface area (TPSA) is 212 Å². The number of likely N-dealkylation sites (tertiary alicyclic amines) is 2. The van der Waals surface area contributed by atoms with Crippen molar-refractivity contribution in [3.05, 3.63) is 64.6 Å². The number of hydrogen-bond acceptors (Lipinski definition) is 15. The maximum atomic E-state index is 14.7. The van der Waals surface area contributed by atoms with Gasteiger partial charge in [0.25, 0.3) is 5.91 Å². The highest BCUT2D eigenvalue weighted by molar-refractivity contribution is 7.99. The first-order chi connectivity index (χ1) is 34.7. The molecule has 0 radical (unpaired) electrons. The molecule has 3 aromatic heterocycles. The van der Waals surface area contributed by atoms with Crippen molar-refractivity contribution in [3.63, 3.8) is 0 Å². The maximum Gasteiger partial charge on any atom is 0.258 e. The van der Waals surface area contributed by atoms with Gasteiger partial charge in [-0.3, -0.25) is 19.2 Å². The van der Waals surface area contributed by atoms with Gasteiger partial charge in [-0.2, -0.15) is 0 Å². The second-order valence-corrected chi connectivity index (χ2v) is 24.0. The van der Waals surface area contributed by atoms with Gasteiger partial charge in [0.05, 0.1) is 39.6 Å². The number of aryl methyl sites for hydroxylation is 1. The number of carbonyl (C=O) groups is 4. The lowest BCUT2D eigenvalue weighted by atomic mass is 9.85. The Labute approximate surface area is 439 Å². The monoisotopic (exact) mass is 1060 g/mol. The Balaban J connectivity index is 0.789. The van der Waals surface area contributed by atoms with Crippen LogP contribution in [0.25, 0.3) is 10.4 Å². The highest BCUT2D eigenvalue weighted by Crippen LogP contribution is 2.42. The van der Waals surface area contributed by atoms with Crippen LogP contribution in [-0.2, 0) is 25.7 Å². The van der Waals surface area contributed by atoms with Crippen LogP contribution in [0.3, 0.4) is 0 Å². The summed E-state index contributed by atoms with van der Waals surface area (Å²) < 4.78 is 21.5. The first-order valence-electron chi connectivity index (χ1n) is 25.4. The lowest BCUT2D eigenvalue weighted by molar-refractivity contribution is -0.145. The average Bonchev–Trinajstić information content (AvgIpc) is 3.78. The number of ether oxygens (including phenoxy) is 1. The summed E-state index contributed by atoms with van der Waals surface area (Å²) >= 11 is 9.97. The first kappa shape index (κ1) is 52.7. The number of alkyl halides is 1. The van der Waals surface area contributed by atoms with E-state index in [1.54, 1.807) is 44.9 Å². The molecule has 4 aromatic rings. The Bertz CT molecular complexity index is 2660. The second-order valence-electron chi connectivity index (χ2n) is 21.7. The molecule has 1 saturated carbocycles. The first-order valence-corrected chi connectivity index (χ1v) is 27.5. The van der Waals surface area contributed by atoms with Crippen LogP contribution in [0.15, 0.2) is 58.3 Å². The molecule has 5 aliphatic rings. The molecule has 4 saturated heterocycles. The van der Waals surface area contributed by atoms with Crippen LogP contribution < -0.4 is 30.9 Å². The number of thiazole rings is 1. The molecular formula is C52H67ClFN11O6S2. The molecule has 9 rings (SSSR count). The van der Waals surface area contributed by atoms with Crippen molar-refractivity contribution >= 4 is 70.0 Å². The van der Waals surface area contributed by atoms with E-state index in [-0.39, 0.29) is 55.8 Å². The molecule has 4 amide bonds. The molecule has 17 nitrogen and oxygen atoms in total. The molecule has 0 unspecified atom stereocenters. The number of benzene rings is 1. The van der Waals surface area contributed by atoms with Crippen LogP contribution in [0, 0.1) is 18.3 Å². The molecule has 5 fully saturated rings. The third-order valence-electron chi connectivity index (χ3n) is 15.0. The number of rotatable bonds is 14. The normalized spacial score (nSPS) is 21.7. The predicted molar refractivity (Wildman–Crippen MR) is 279 cm³/mol. The fourth-order valence-corrected chi connectivity index (χ4v) is 12.0. The number of β-amino-alcohol motifs (C(OH)–C–C–N with tert-alkyl or cyclic N) is 1. The van der Waals surface area contributed by atoms with E-state index in [0.717, 1.165) is 57.8 Å². The summed E-state index contributed by atoms with van der Waals surface area (Å²) in [6, 6.07) is 5.61. The van der Waals surface area contributed by atoms with Crippen LogP contribution in [0.2, 0.25) is 5.02 Å². The predicted octanol–water partition coefficient (Wildman–Crippen LogP) is 6.32. The van der Waals surface area contributed by atoms with Crippen LogP contribution in [0.1, 0.15) is 96.7 Å². The molecule has 1 aliphatic carbocycles. The number of nitrogens with one attached hydrogen (secondary N) is 2. The van der Waals surface area contributed by atoms with E-state index in [1.165, 1.54) is 28.0 Å². The lowest BCUT2D eigenvalue weighted by Gasteiger charge is -2.38. The van der Waals surface area contributed by atoms with Crippen LogP contribution in [0.5, 0.6) is 5.75 Å². The lowest BCUT2D eigenvalue weighted by Crippen LogP contribution is -2.59. The van der Waals surface area contributed by atoms with E-state index < -0.39 is 47.0 Å². The number of anilines is 2. The summed E-state index contributed by atoms with van der Waals surface area (Å²) in [5.74, 6) is 0.299. The van der Waals surface area contributed by atoms with Crippen molar-refractivity contribution in [2.24, 2.45) is 17.1 Å². The highest BCUT2D eigenvalue weighted by atomic mass is 35.5. The third-order valence-corrected chi connectivity index (χ3v) is 17.4. The maximum absolute atomic E-state index is 14.7. The third kappa shape index (κ3) is 12.2. The van der Waals surface area contributed by atoms with Gasteiger partial charge in [0.15, 0.2) is 5.67 Å². The molecule has 392 valence electrons. The molecule has 0 bridgehead atoms. The summed E-state index contributed by atoms with van der Waals surface area (Å²) in [5, 5.41) is 17.6. The fourth-order valence-electron chi connectivity index (χ4n) is 10.1. The number of pyridine rings is 1. The van der Waals surface area contributed by atoms with E-state index in [1.807, 2.05) is 36.1 Å². The van der Waals surface area contributed by atoms with Gasteiger partial charge in [-0.05, 0) is 75.5 Å². The largest absolute Gasteiger partial charge is 0.490 e. The minimum absolute atomic E-state index is 0.0136. The zero-order valence-corrected chi connectivity index (χ0v) is 44.6. The zero-order chi connectivity index (χ0) is 51.8. The molecule has 73 heavy (non-hydrogen) atoms. The number of piperidine rings is 3. The smallest absolute Gasteiger partial charge is 0.258 e. The number of aliphatic hydroxyl groups is 1. The molecule has 3 atom stereocenters. The number of aromatic nitrogens is 4. The molecular weight excluding hydrogens is 993 g/mol. The Morgan fingerprint density at radius 1 is 0.973 bits per heavy atom. The highest BCUT2D eigenvalue weighted by Gasteiger charge is 2.53. The number of carbonyl (C=O) groups excluding carboxylic acids is 4. The van der Waals surface area contributed by atoms with Gasteiger partial charge >= 0.3 is 0 Å².